The summed E-state index contributed by atoms with van der Waals surface area (Å²) in [5.41, 5.74) is 1.37. The monoisotopic (exact) mass is 266 g/mol. The number of ether oxygens (including phenoxy) is 1. The van der Waals surface area contributed by atoms with Crippen LogP contribution in [0, 0.1) is 5.82 Å². The quantitative estimate of drug-likeness (QED) is 0.499. The topological polar surface area (TPSA) is 47.3 Å². The van der Waals surface area contributed by atoms with E-state index in [9.17, 15) is 17.6 Å². The van der Waals surface area contributed by atoms with Crippen LogP contribution in [0.25, 0.3) is 0 Å². The second-order valence-electron chi connectivity index (χ2n) is 3.82. The van der Waals surface area contributed by atoms with Gasteiger partial charge >= 0.3 is 6.18 Å². The molecule has 0 saturated carbocycles. The Morgan fingerprint density at radius 1 is 1.33 bits per heavy atom. The van der Waals surface area contributed by atoms with Crippen LogP contribution in [-0.2, 0) is 10.9 Å². The standard InChI is InChI=1S/C11H14F4N2O/c1-6(18-2)10(17-16)7-3-4-8(9(12)5-7)11(13,14)15/h3-6,10,17H,16H2,1-2H3. The van der Waals surface area contributed by atoms with Gasteiger partial charge in [0.1, 0.15) is 5.82 Å². The SMILES string of the molecule is COC(C)C(NN)c1ccc(C(F)(F)F)c(F)c1. The van der Waals surface area contributed by atoms with E-state index in [0.29, 0.717) is 6.07 Å². The predicted molar refractivity (Wildman–Crippen MR) is 57.9 cm³/mol. The molecule has 0 aliphatic rings. The first-order chi connectivity index (χ1) is 8.31. The van der Waals surface area contributed by atoms with Crippen molar-refractivity contribution < 1.29 is 22.3 Å². The molecule has 0 heterocycles. The van der Waals surface area contributed by atoms with Gasteiger partial charge in [-0.05, 0) is 24.6 Å². The minimum Gasteiger partial charge on any atom is -0.380 e. The second kappa shape index (κ2) is 5.64. The van der Waals surface area contributed by atoms with Gasteiger partial charge in [0.15, 0.2) is 0 Å². The number of benzene rings is 1. The molecular weight excluding hydrogens is 252 g/mol. The van der Waals surface area contributed by atoms with Gasteiger partial charge in [-0.3, -0.25) is 11.3 Å². The predicted octanol–water partition coefficient (Wildman–Crippen LogP) is 2.38. The molecule has 102 valence electrons. The fourth-order valence-corrected chi connectivity index (χ4v) is 1.59. The van der Waals surface area contributed by atoms with Gasteiger partial charge < -0.3 is 4.74 Å². The van der Waals surface area contributed by atoms with E-state index in [2.05, 4.69) is 5.43 Å². The van der Waals surface area contributed by atoms with E-state index in [1.807, 2.05) is 0 Å². The molecule has 0 saturated heterocycles. The largest absolute Gasteiger partial charge is 0.419 e. The van der Waals surface area contributed by atoms with Crippen molar-refractivity contribution in [3.05, 3.63) is 35.1 Å². The molecule has 1 rings (SSSR count). The number of hydrazine groups is 1. The lowest BCUT2D eigenvalue weighted by molar-refractivity contribution is -0.140. The minimum absolute atomic E-state index is 0.289. The van der Waals surface area contributed by atoms with Gasteiger partial charge in [-0.15, -0.1) is 0 Å². The Hall–Kier alpha value is -1.18. The normalized spacial score (nSPS) is 15.5. The Morgan fingerprint density at radius 2 is 1.94 bits per heavy atom. The third-order valence-corrected chi connectivity index (χ3v) is 2.68. The number of hydrogen-bond acceptors (Lipinski definition) is 3. The highest BCUT2D eigenvalue weighted by molar-refractivity contribution is 5.29. The molecule has 0 aliphatic carbocycles. The lowest BCUT2D eigenvalue weighted by Crippen LogP contribution is -2.36. The van der Waals surface area contributed by atoms with Crippen molar-refractivity contribution >= 4 is 0 Å². The summed E-state index contributed by atoms with van der Waals surface area (Å²) in [4.78, 5) is 0. The van der Waals surface area contributed by atoms with Gasteiger partial charge in [0.2, 0.25) is 0 Å². The van der Waals surface area contributed by atoms with E-state index in [1.54, 1.807) is 6.92 Å². The number of halogens is 4. The third kappa shape index (κ3) is 3.18. The molecule has 2 atom stereocenters. The van der Waals surface area contributed by atoms with E-state index in [-0.39, 0.29) is 5.56 Å². The van der Waals surface area contributed by atoms with Gasteiger partial charge in [0.05, 0.1) is 17.7 Å². The highest BCUT2D eigenvalue weighted by atomic mass is 19.4. The Bertz CT molecular complexity index is 409. The molecule has 1 aromatic carbocycles. The van der Waals surface area contributed by atoms with Crippen LogP contribution in [-0.4, -0.2) is 13.2 Å². The number of nitrogens with one attached hydrogen (secondary N) is 1. The Labute approximate surface area is 102 Å². The average Bonchev–Trinajstić information content (AvgIpc) is 2.28. The Kier molecular flexibility index (Phi) is 4.66. The van der Waals surface area contributed by atoms with E-state index < -0.39 is 29.7 Å². The summed E-state index contributed by atoms with van der Waals surface area (Å²) in [5, 5.41) is 0. The number of hydrogen-bond donors (Lipinski definition) is 2. The number of nitrogens with two attached hydrogens (primary N) is 1. The maximum absolute atomic E-state index is 13.4. The fourth-order valence-electron chi connectivity index (χ4n) is 1.59. The molecule has 3 nitrogen and oxygen atoms in total. The maximum Gasteiger partial charge on any atom is 0.419 e. The second-order valence-corrected chi connectivity index (χ2v) is 3.82. The third-order valence-electron chi connectivity index (χ3n) is 2.68. The maximum atomic E-state index is 13.4. The molecule has 18 heavy (non-hydrogen) atoms. The molecule has 3 N–H and O–H groups in total. The smallest absolute Gasteiger partial charge is 0.380 e. The highest BCUT2D eigenvalue weighted by Crippen LogP contribution is 2.32. The summed E-state index contributed by atoms with van der Waals surface area (Å²) in [5.74, 6) is 3.95. The van der Waals surface area contributed by atoms with E-state index in [0.717, 1.165) is 6.07 Å². The molecule has 7 heteroatoms. The molecule has 0 fully saturated rings. The van der Waals surface area contributed by atoms with Crippen molar-refractivity contribution in [3.63, 3.8) is 0 Å². The summed E-state index contributed by atoms with van der Waals surface area (Å²) in [6.07, 6.45) is -5.12. The molecule has 1 aromatic rings. The lowest BCUT2D eigenvalue weighted by Gasteiger charge is -2.23. The molecule has 0 radical (unpaired) electrons. The first-order valence-corrected chi connectivity index (χ1v) is 5.16. The van der Waals surface area contributed by atoms with E-state index in [1.165, 1.54) is 13.2 Å². The molecule has 0 bridgehead atoms. The van der Waals surface area contributed by atoms with Gasteiger partial charge in [0, 0.05) is 7.11 Å². The van der Waals surface area contributed by atoms with E-state index >= 15 is 0 Å². The minimum atomic E-state index is -4.71. The van der Waals surface area contributed by atoms with E-state index in [4.69, 9.17) is 10.6 Å². The molecule has 2 unspecified atom stereocenters. The van der Waals surface area contributed by atoms with Crippen molar-refractivity contribution in [1.29, 1.82) is 0 Å². The fraction of sp³-hybridized carbons (Fsp3) is 0.455. The van der Waals surface area contributed by atoms with Gasteiger partial charge in [-0.2, -0.15) is 13.2 Å². The molecule has 0 amide bonds. The first kappa shape index (κ1) is 14.9. The van der Waals surface area contributed by atoms with Crippen LogP contribution in [0.2, 0.25) is 0 Å². The van der Waals surface area contributed by atoms with Crippen molar-refractivity contribution in [3.8, 4) is 0 Å². The zero-order chi connectivity index (χ0) is 13.9. The average molecular weight is 266 g/mol. The zero-order valence-electron chi connectivity index (χ0n) is 9.88. The highest BCUT2D eigenvalue weighted by Gasteiger charge is 2.34. The zero-order valence-corrected chi connectivity index (χ0v) is 9.88. The molecule has 0 spiro atoms. The first-order valence-electron chi connectivity index (χ1n) is 5.16. The van der Waals surface area contributed by atoms with Gasteiger partial charge in [0.25, 0.3) is 0 Å². The van der Waals surface area contributed by atoms with Crippen molar-refractivity contribution in [2.24, 2.45) is 5.84 Å². The summed E-state index contributed by atoms with van der Waals surface area (Å²) in [7, 11) is 1.43. The van der Waals surface area contributed by atoms with Crippen LogP contribution >= 0.6 is 0 Å². The summed E-state index contributed by atoms with van der Waals surface area (Å²) >= 11 is 0. The molecular formula is C11H14F4N2O. The van der Waals surface area contributed by atoms with Crippen molar-refractivity contribution in [2.75, 3.05) is 7.11 Å². The van der Waals surface area contributed by atoms with Crippen LogP contribution in [0.4, 0.5) is 17.6 Å². The number of methoxy groups -OCH3 is 1. The molecule has 0 aliphatic heterocycles. The number of rotatable bonds is 4. The summed E-state index contributed by atoms with van der Waals surface area (Å²) in [6, 6.07) is 2.08. The van der Waals surface area contributed by atoms with Crippen LogP contribution in [0.3, 0.4) is 0 Å². The van der Waals surface area contributed by atoms with Crippen LogP contribution in [0.15, 0.2) is 18.2 Å². The molecule has 0 aromatic heterocycles. The number of alkyl halides is 3. The van der Waals surface area contributed by atoms with Crippen molar-refractivity contribution in [2.45, 2.75) is 25.2 Å². The Balaban J connectivity index is 3.10. The summed E-state index contributed by atoms with van der Waals surface area (Å²) < 4.78 is 55.5. The van der Waals surface area contributed by atoms with Gasteiger partial charge in [-0.25, -0.2) is 4.39 Å². The van der Waals surface area contributed by atoms with Crippen LogP contribution < -0.4 is 11.3 Å². The Morgan fingerprint density at radius 3 is 2.33 bits per heavy atom. The van der Waals surface area contributed by atoms with Crippen LogP contribution in [0.1, 0.15) is 24.1 Å². The van der Waals surface area contributed by atoms with Crippen molar-refractivity contribution in [1.82, 2.24) is 5.43 Å². The van der Waals surface area contributed by atoms with Crippen LogP contribution in [0.5, 0.6) is 0 Å². The lowest BCUT2D eigenvalue weighted by atomic mass is 10.0. The van der Waals surface area contributed by atoms with Gasteiger partial charge in [-0.1, -0.05) is 6.07 Å². The summed E-state index contributed by atoms with van der Waals surface area (Å²) in [6.45, 7) is 1.67.